The molecule has 0 aromatic carbocycles. The largest absolute Gasteiger partial charge is 0.331 e. The Kier molecular flexibility index (Phi) is 1.78. The van der Waals surface area contributed by atoms with E-state index in [1.54, 1.807) is 0 Å². The molecule has 0 saturated heterocycles. The minimum atomic E-state index is -2.20. The van der Waals surface area contributed by atoms with Crippen molar-refractivity contribution in [2.24, 2.45) is 0 Å². The molecule has 0 amide bonds. The Morgan fingerprint density at radius 3 is 2.67 bits per heavy atom. The molecule has 0 spiro atoms. The van der Waals surface area contributed by atoms with Gasteiger partial charge in [-0.25, -0.2) is 0 Å². The molecule has 0 N–H and O–H groups in total. The summed E-state index contributed by atoms with van der Waals surface area (Å²) >= 11 is 0. The molecular formula is C6H11O2P. The topological polar surface area (TPSA) is 26.3 Å². The standard InChI is InChI=1S/C6H11O2P/c1-6-3-4-9(7,5-6)8-2/h3H,4-5H2,1-2H3/t9-/m1/s1. The van der Waals surface area contributed by atoms with E-state index in [0.29, 0.717) is 12.3 Å². The Morgan fingerprint density at radius 2 is 2.44 bits per heavy atom. The maximum absolute atomic E-state index is 11.3. The average Bonchev–Trinajstić information content (AvgIpc) is 2.13. The summed E-state index contributed by atoms with van der Waals surface area (Å²) in [7, 11) is -0.679. The fraction of sp³-hybridized carbons (Fsp3) is 0.667. The zero-order valence-corrected chi connectivity index (χ0v) is 6.65. The molecule has 0 bridgehead atoms. The van der Waals surface area contributed by atoms with Gasteiger partial charge in [-0.15, -0.1) is 0 Å². The number of hydrogen-bond donors (Lipinski definition) is 0. The van der Waals surface area contributed by atoms with Crippen LogP contribution in [0.3, 0.4) is 0 Å². The van der Waals surface area contributed by atoms with Crippen molar-refractivity contribution in [2.75, 3.05) is 19.4 Å². The second-order valence-electron chi connectivity index (χ2n) is 2.39. The second-order valence-corrected chi connectivity index (χ2v) is 5.06. The molecule has 0 aromatic rings. The highest BCUT2D eigenvalue weighted by Gasteiger charge is 2.25. The van der Waals surface area contributed by atoms with Crippen LogP contribution in [0.5, 0.6) is 0 Å². The van der Waals surface area contributed by atoms with Crippen LogP contribution < -0.4 is 0 Å². The van der Waals surface area contributed by atoms with Crippen molar-refractivity contribution in [3.05, 3.63) is 11.6 Å². The monoisotopic (exact) mass is 146 g/mol. The van der Waals surface area contributed by atoms with Gasteiger partial charge in [0, 0.05) is 19.4 Å². The van der Waals surface area contributed by atoms with Crippen LogP contribution >= 0.6 is 7.37 Å². The van der Waals surface area contributed by atoms with E-state index in [-0.39, 0.29) is 0 Å². The van der Waals surface area contributed by atoms with Gasteiger partial charge >= 0.3 is 0 Å². The molecule has 0 radical (unpaired) electrons. The van der Waals surface area contributed by atoms with Crippen LogP contribution in [0.15, 0.2) is 11.6 Å². The molecule has 1 atom stereocenters. The van der Waals surface area contributed by atoms with E-state index in [2.05, 4.69) is 0 Å². The number of allylic oxidation sites excluding steroid dienone is 2. The molecule has 1 heterocycles. The first-order valence-corrected chi connectivity index (χ1v) is 4.95. The SMILES string of the molecule is CO[P@]1(=O)CC=C(C)C1. The number of rotatable bonds is 1. The summed E-state index contributed by atoms with van der Waals surface area (Å²) in [6.07, 6.45) is 3.28. The van der Waals surface area contributed by atoms with Crippen LogP contribution in [0.1, 0.15) is 6.92 Å². The first kappa shape index (κ1) is 7.04. The third kappa shape index (κ3) is 1.44. The lowest BCUT2D eigenvalue weighted by Gasteiger charge is -2.06. The molecule has 0 aromatic heterocycles. The maximum atomic E-state index is 11.3. The molecule has 3 heteroatoms. The molecule has 0 saturated carbocycles. The van der Waals surface area contributed by atoms with Gasteiger partial charge in [-0.3, -0.25) is 4.57 Å². The van der Waals surface area contributed by atoms with Crippen LogP contribution in [-0.4, -0.2) is 19.4 Å². The van der Waals surface area contributed by atoms with Crippen LogP contribution in [0.2, 0.25) is 0 Å². The highest BCUT2D eigenvalue weighted by atomic mass is 31.2. The van der Waals surface area contributed by atoms with Crippen LogP contribution in [-0.2, 0) is 9.09 Å². The van der Waals surface area contributed by atoms with E-state index < -0.39 is 7.37 Å². The van der Waals surface area contributed by atoms with Gasteiger partial charge < -0.3 is 4.52 Å². The summed E-state index contributed by atoms with van der Waals surface area (Å²) in [5.41, 5.74) is 1.19. The summed E-state index contributed by atoms with van der Waals surface area (Å²) in [5, 5.41) is 0. The van der Waals surface area contributed by atoms with Gasteiger partial charge in [0.1, 0.15) is 0 Å². The first-order valence-electron chi connectivity index (χ1n) is 2.96. The molecular weight excluding hydrogens is 135 g/mol. The smallest absolute Gasteiger partial charge is 0.210 e. The molecule has 1 aliphatic rings. The van der Waals surface area contributed by atoms with Crippen LogP contribution in [0.4, 0.5) is 0 Å². The van der Waals surface area contributed by atoms with E-state index in [1.807, 2.05) is 13.0 Å². The molecule has 0 unspecified atom stereocenters. The van der Waals surface area contributed by atoms with Crippen molar-refractivity contribution in [1.82, 2.24) is 0 Å². The van der Waals surface area contributed by atoms with Gasteiger partial charge in [0.15, 0.2) is 0 Å². The Morgan fingerprint density at radius 1 is 1.78 bits per heavy atom. The molecule has 0 aliphatic carbocycles. The van der Waals surface area contributed by atoms with Gasteiger partial charge in [-0.05, 0) is 6.92 Å². The molecule has 52 valence electrons. The van der Waals surface area contributed by atoms with Gasteiger partial charge in [0.05, 0.1) is 0 Å². The predicted octanol–water partition coefficient (Wildman–Crippen LogP) is 1.87. The Labute approximate surface area is 55.4 Å². The van der Waals surface area contributed by atoms with Gasteiger partial charge in [-0.2, -0.15) is 0 Å². The third-order valence-electron chi connectivity index (χ3n) is 1.54. The fourth-order valence-corrected chi connectivity index (χ4v) is 2.83. The lowest BCUT2D eigenvalue weighted by atomic mass is 10.3. The lowest BCUT2D eigenvalue weighted by molar-refractivity contribution is 0.399. The normalized spacial score (nSPS) is 34.7. The molecule has 2 nitrogen and oxygen atoms in total. The second kappa shape index (κ2) is 2.28. The summed E-state index contributed by atoms with van der Waals surface area (Å²) in [5.74, 6) is 0. The van der Waals surface area contributed by atoms with Crippen LogP contribution in [0.25, 0.3) is 0 Å². The Bertz CT molecular complexity index is 183. The van der Waals surface area contributed by atoms with Gasteiger partial charge in [0.2, 0.25) is 7.37 Å². The molecule has 9 heavy (non-hydrogen) atoms. The maximum Gasteiger partial charge on any atom is 0.210 e. The van der Waals surface area contributed by atoms with Crippen LogP contribution in [0, 0.1) is 0 Å². The van der Waals surface area contributed by atoms with E-state index in [9.17, 15) is 4.57 Å². The van der Waals surface area contributed by atoms with Crippen molar-refractivity contribution in [2.45, 2.75) is 6.92 Å². The summed E-state index contributed by atoms with van der Waals surface area (Å²) in [4.78, 5) is 0. The summed E-state index contributed by atoms with van der Waals surface area (Å²) in [6, 6.07) is 0. The highest BCUT2D eigenvalue weighted by molar-refractivity contribution is 7.59. The van der Waals surface area contributed by atoms with E-state index in [4.69, 9.17) is 4.52 Å². The Balaban J connectivity index is 2.64. The minimum absolute atomic E-state index is 0.634. The quantitative estimate of drug-likeness (QED) is 0.417. The fourth-order valence-electron chi connectivity index (χ4n) is 0.943. The average molecular weight is 146 g/mol. The number of hydrogen-bond acceptors (Lipinski definition) is 2. The minimum Gasteiger partial charge on any atom is -0.331 e. The summed E-state index contributed by atoms with van der Waals surface area (Å²) < 4.78 is 16.2. The first-order chi connectivity index (χ1) is 4.16. The zero-order valence-electron chi connectivity index (χ0n) is 5.76. The summed E-state index contributed by atoms with van der Waals surface area (Å²) in [6.45, 7) is 1.98. The molecule has 1 aliphatic heterocycles. The lowest BCUT2D eigenvalue weighted by Crippen LogP contribution is -1.87. The Hall–Kier alpha value is -0.0700. The molecule has 1 rings (SSSR count). The van der Waals surface area contributed by atoms with Crippen molar-refractivity contribution in [3.8, 4) is 0 Å². The van der Waals surface area contributed by atoms with Crippen molar-refractivity contribution < 1.29 is 9.09 Å². The van der Waals surface area contributed by atoms with Gasteiger partial charge in [-0.1, -0.05) is 11.6 Å². The van der Waals surface area contributed by atoms with E-state index >= 15 is 0 Å². The van der Waals surface area contributed by atoms with Crippen molar-refractivity contribution >= 4 is 7.37 Å². The van der Waals surface area contributed by atoms with E-state index in [0.717, 1.165) is 0 Å². The van der Waals surface area contributed by atoms with E-state index in [1.165, 1.54) is 12.7 Å². The third-order valence-corrected chi connectivity index (χ3v) is 3.93. The molecule has 0 fully saturated rings. The highest BCUT2D eigenvalue weighted by Crippen LogP contribution is 2.51. The zero-order chi connectivity index (χ0) is 6.91. The van der Waals surface area contributed by atoms with Crippen molar-refractivity contribution in [1.29, 1.82) is 0 Å². The van der Waals surface area contributed by atoms with Crippen molar-refractivity contribution in [3.63, 3.8) is 0 Å². The predicted molar refractivity (Wildman–Crippen MR) is 38.1 cm³/mol. The van der Waals surface area contributed by atoms with Gasteiger partial charge in [0.25, 0.3) is 0 Å².